The Bertz CT molecular complexity index is 400. The molecule has 0 amide bonds. The van der Waals surface area contributed by atoms with Crippen LogP contribution in [0.5, 0.6) is 0 Å². The van der Waals surface area contributed by atoms with E-state index in [-0.39, 0.29) is 5.54 Å². The first-order valence-electron chi connectivity index (χ1n) is 4.57. The lowest BCUT2D eigenvalue weighted by Gasteiger charge is -2.16. The molecule has 0 saturated heterocycles. The van der Waals surface area contributed by atoms with Gasteiger partial charge >= 0.3 is 0 Å². The molecule has 1 fully saturated rings. The van der Waals surface area contributed by atoms with Crippen LogP contribution in [-0.2, 0) is 5.54 Å². The second kappa shape index (κ2) is 3.19. The topological polar surface area (TPSA) is 38.9 Å². The molecule has 2 N–H and O–H groups in total. The van der Waals surface area contributed by atoms with Gasteiger partial charge in [0.25, 0.3) is 0 Å². The maximum atomic E-state index is 6.14. The lowest BCUT2D eigenvalue weighted by Crippen LogP contribution is -2.21. The summed E-state index contributed by atoms with van der Waals surface area (Å²) in [5.41, 5.74) is 8.98. The van der Waals surface area contributed by atoms with E-state index in [1.165, 1.54) is 0 Å². The Hall–Kier alpha value is -0.120. The van der Waals surface area contributed by atoms with Gasteiger partial charge in [-0.15, -0.1) is 0 Å². The van der Waals surface area contributed by atoms with Crippen molar-refractivity contribution in [3.63, 3.8) is 0 Å². The van der Waals surface area contributed by atoms with Gasteiger partial charge in [-0.1, -0.05) is 11.6 Å². The average molecular weight is 276 g/mol. The normalized spacial score (nSPS) is 18.4. The average Bonchev–Trinajstić information content (AvgIpc) is 2.80. The highest BCUT2D eigenvalue weighted by Gasteiger charge is 2.43. The number of aryl methyl sites for hydroxylation is 1. The molecule has 1 heterocycles. The second-order valence-corrected chi connectivity index (χ2v) is 5.11. The minimum Gasteiger partial charge on any atom is -0.321 e. The quantitative estimate of drug-likeness (QED) is 0.800. The minimum absolute atomic E-state index is 0.218. The summed E-state index contributed by atoms with van der Waals surface area (Å²) in [4.78, 5) is 4.28. The van der Waals surface area contributed by atoms with Gasteiger partial charge in [0.15, 0.2) is 0 Å². The van der Waals surface area contributed by atoms with Crippen molar-refractivity contribution in [1.29, 1.82) is 0 Å². The van der Waals surface area contributed by atoms with Crippen molar-refractivity contribution in [2.45, 2.75) is 32.2 Å². The highest BCUT2D eigenvalue weighted by Crippen LogP contribution is 2.47. The molecule has 0 bridgehead atoms. The SMILES string of the molecule is Cc1nc(Cl)c(C2(N)CC2)c(C)c1Br. The monoisotopic (exact) mass is 274 g/mol. The van der Waals surface area contributed by atoms with Crippen LogP contribution in [0.15, 0.2) is 4.47 Å². The van der Waals surface area contributed by atoms with Crippen LogP contribution in [0.3, 0.4) is 0 Å². The molecular formula is C10H12BrClN2. The first kappa shape index (κ1) is 10.4. The molecule has 0 unspecified atom stereocenters. The van der Waals surface area contributed by atoms with Crippen LogP contribution in [0.2, 0.25) is 5.15 Å². The summed E-state index contributed by atoms with van der Waals surface area (Å²) in [6, 6.07) is 0. The Morgan fingerprint density at radius 2 is 2.00 bits per heavy atom. The van der Waals surface area contributed by atoms with Crippen LogP contribution < -0.4 is 5.73 Å². The van der Waals surface area contributed by atoms with E-state index in [4.69, 9.17) is 17.3 Å². The molecule has 0 aromatic carbocycles. The summed E-state index contributed by atoms with van der Waals surface area (Å²) in [6.07, 6.45) is 2.01. The highest BCUT2D eigenvalue weighted by molar-refractivity contribution is 9.10. The zero-order valence-electron chi connectivity index (χ0n) is 8.19. The van der Waals surface area contributed by atoms with Crippen molar-refractivity contribution in [2.24, 2.45) is 5.73 Å². The molecular weight excluding hydrogens is 263 g/mol. The zero-order chi connectivity index (χ0) is 10.5. The van der Waals surface area contributed by atoms with Crippen molar-refractivity contribution in [3.05, 3.63) is 26.4 Å². The van der Waals surface area contributed by atoms with E-state index < -0.39 is 0 Å². The lowest BCUT2D eigenvalue weighted by atomic mass is 10.0. The third-order valence-electron chi connectivity index (χ3n) is 2.78. The zero-order valence-corrected chi connectivity index (χ0v) is 10.5. The van der Waals surface area contributed by atoms with E-state index in [2.05, 4.69) is 20.9 Å². The van der Waals surface area contributed by atoms with Gasteiger partial charge in [-0.2, -0.15) is 0 Å². The van der Waals surface area contributed by atoms with Crippen LogP contribution in [-0.4, -0.2) is 4.98 Å². The summed E-state index contributed by atoms with van der Waals surface area (Å²) in [5, 5.41) is 0.559. The number of hydrogen-bond donors (Lipinski definition) is 1. The third kappa shape index (κ3) is 1.47. The van der Waals surface area contributed by atoms with E-state index in [0.717, 1.165) is 34.1 Å². The number of rotatable bonds is 1. The van der Waals surface area contributed by atoms with Gasteiger partial charge in [0.1, 0.15) is 5.15 Å². The van der Waals surface area contributed by atoms with Crippen molar-refractivity contribution < 1.29 is 0 Å². The molecule has 2 nitrogen and oxygen atoms in total. The fourth-order valence-corrected chi connectivity index (χ4v) is 2.50. The predicted octanol–water partition coefficient (Wildman–Crippen LogP) is 3.06. The fraction of sp³-hybridized carbons (Fsp3) is 0.500. The summed E-state index contributed by atoms with van der Waals surface area (Å²) >= 11 is 9.63. The molecule has 0 radical (unpaired) electrons. The molecule has 4 heteroatoms. The second-order valence-electron chi connectivity index (χ2n) is 3.96. The molecule has 1 aromatic heterocycles. The Kier molecular flexibility index (Phi) is 2.37. The standard InChI is InChI=1S/C10H12BrClN2/c1-5-7(10(13)3-4-10)9(12)14-6(2)8(5)11/h3-4,13H2,1-2H3. The van der Waals surface area contributed by atoms with E-state index in [0.29, 0.717) is 5.15 Å². The van der Waals surface area contributed by atoms with Crippen LogP contribution in [0.25, 0.3) is 0 Å². The van der Waals surface area contributed by atoms with Crippen LogP contribution in [0, 0.1) is 13.8 Å². The molecule has 76 valence electrons. The molecule has 1 aliphatic carbocycles. The lowest BCUT2D eigenvalue weighted by molar-refractivity contribution is 0.725. The van der Waals surface area contributed by atoms with Crippen LogP contribution in [0.1, 0.15) is 29.7 Å². The molecule has 2 rings (SSSR count). The van der Waals surface area contributed by atoms with Crippen LogP contribution >= 0.6 is 27.5 Å². The van der Waals surface area contributed by atoms with Gasteiger partial charge in [0.2, 0.25) is 0 Å². The van der Waals surface area contributed by atoms with Gasteiger partial charge < -0.3 is 5.73 Å². The van der Waals surface area contributed by atoms with Gasteiger partial charge in [0.05, 0.1) is 5.69 Å². The van der Waals surface area contributed by atoms with Gasteiger partial charge in [-0.05, 0) is 48.2 Å². The molecule has 1 aliphatic rings. The maximum absolute atomic E-state index is 6.14. The van der Waals surface area contributed by atoms with E-state index in [9.17, 15) is 0 Å². The minimum atomic E-state index is -0.218. The van der Waals surface area contributed by atoms with Gasteiger partial charge in [-0.3, -0.25) is 0 Å². The van der Waals surface area contributed by atoms with Crippen molar-refractivity contribution in [2.75, 3.05) is 0 Å². The first-order valence-corrected chi connectivity index (χ1v) is 5.74. The van der Waals surface area contributed by atoms with Crippen molar-refractivity contribution in [3.8, 4) is 0 Å². The molecule has 1 aromatic rings. The van der Waals surface area contributed by atoms with Crippen molar-refractivity contribution >= 4 is 27.5 Å². The Morgan fingerprint density at radius 3 is 2.50 bits per heavy atom. The third-order valence-corrected chi connectivity index (χ3v) is 4.22. The molecule has 1 saturated carbocycles. The number of nitrogens with zero attached hydrogens (tertiary/aromatic N) is 1. The molecule has 0 spiro atoms. The first-order chi connectivity index (χ1) is 6.46. The summed E-state index contributed by atoms with van der Waals surface area (Å²) in [7, 11) is 0. The number of nitrogens with two attached hydrogens (primary N) is 1. The smallest absolute Gasteiger partial charge is 0.134 e. The Balaban J connectivity index is 2.65. The van der Waals surface area contributed by atoms with E-state index in [1.807, 2.05) is 13.8 Å². The van der Waals surface area contributed by atoms with Crippen molar-refractivity contribution in [1.82, 2.24) is 4.98 Å². The number of pyridine rings is 1. The maximum Gasteiger partial charge on any atom is 0.134 e. The van der Waals surface area contributed by atoms with Gasteiger partial charge in [-0.25, -0.2) is 4.98 Å². The fourth-order valence-electron chi connectivity index (χ4n) is 1.75. The predicted molar refractivity (Wildman–Crippen MR) is 61.5 cm³/mol. The molecule has 0 atom stereocenters. The highest BCUT2D eigenvalue weighted by atomic mass is 79.9. The summed E-state index contributed by atoms with van der Waals surface area (Å²) in [6.45, 7) is 3.97. The number of aromatic nitrogens is 1. The summed E-state index contributed by atoms with van der Waals surface area (Å²) in [5.74, 6) is 0. The van der Waals surface area contributed by atoms with Crippen LogP contribution in [0.4, 0.5) is 0 Å². The Labute approximate surface area is 97.0 Å². The largest absolute Gasteiger partial charge is 0.321 e. The number of hydrogen-bond acceptors (Lipinski definition) is 2. The Morgan fingerprint density at radius 1 is 1.43 bits per heavy atom. The van der Waals surface area contributed by atoms with E-state index >= 15 is 0 Å². The molecule has 0 aliphatic heterocycles. The number of halogens is 2. The van der Waals surface area contributed by atoms with Gasteiger partial charge in [0, 0.05) is 15.6 Å². The molecule has 14 heavy (non-hydrogen) atoms. The van der Waals surface area contributed by atoms with E-state index in [1.54, 1.807) is 0 Å². The summed E-state index contributed by atoms with van der Waals surface area (Å²) < 4.78 is 1.02.